The largest absolute Gasteiger partial charge is 0.462 e. The minimum Gasteiger partial charge on any atom is -0.462 e. The maximum Gasteiger partial charge on any atom is 0.338 e. The SMILES string of the molecule is CCCCCCCCOC(=O)c1ccc(-c2ccccc2)c(-c2ccc(C(=O)OC(CF)CCCCCCCC)cc2)c1. The summed E-state index contributed by atoms with van der Waals surface area (Å²) in [6.07, 6.45) is 13.2. The van der Waals surface area contributed by atoms with Crippen molar-refractivity contribution in [3.63, 3.8) is 0 Å². The summed E-state index contributed by atoms with van der Waals surface area (Å²) in [4.78, 5) is 25.7. The van der Waals surface area contributed by atoms with Gasteiger partial charge in [-0.15, -0.1) is 0 Å². The average Bonchev–Trinajstić information content (AvgIpc) is 3.05. The van der Waals surface area contributed by atoms with Gasteiger partial charge in [-0.1, -0.05) is 127 Å². The molecule has 5 heteroatoms. The number of hydrogen-bond donors (Lipinski definition) is 0. The first-order valence-corrected chi connectivity index (χ1v) is 16.3. The quantitative estimate of drug-likeness (QED) is 0.0973. The molecule has 1 atom stereocenters. The van der Waals surface area contributed by atoms with Gasteiger partial charge in [-0.25, -0.2) is 14.0 Å². The van der Waals surface area contributed by atoms with Crippen molar-refractivity contribution in [1.82, 2.24) is 0 Å². The second-order valence-electron chi connectivity index (χ2n) is 11.3. The minimum absolute atomic E-state index is 0.336. The Bertz CT molecular complexity index is 1220. The molecule has 0 spiro atoms. The molecular formula is C38H49FO4. The van der Waals surface area contributed by atoms with Crippen molar-refractivity contribution in [3.8, 4) is 22.3 Å². The van der Waals surface area contributed by atoms with E-state index in [1.807, 2.05) is 60.7 Å². The van der Waals surface area contributed by atoms with E-state index in [-0.39, 0.29) is 5.97 Å². The summed E-state index contributed by atoms with van der Waals surface area (Å²) in [6, 6.07) is 22.7. The molecule has 232 valence electrons. The zero-order chi connectivity index (χ0) is 30.7. The Labute approximate surface area is 258 Å². The molecule has 0 N–H and O–H groups in total. The topological polar surface area (TPSA) is 52.6 Å². The number of unbranched alkanes of at least 4 members (excludes halogenated alkanes) is 10. The molecule has 0 bridgehead atoms. The van der Waals surface area contributed by atoms with Crippen LogP contribution in [0.2, 0.25) is 0 Å². The van der Waals surface area contributed by atoms with E-state index < -0.39 is 18.7 Å². The van der Waals surface area contributed by atoms with Crippen LogP contribution >= 0.6 is 0 Å². The number of ether oxygens (including phenoxy) is 2. The number of benzene rings is 3. The number of rotatable bonds is 20. The van der Waals surface area contributed by atoms with Crippen LogP contribution in [0.1, 0.15) is 118 Å². The number of esters is 2. The van der Waals surface area contributed by atoms with E-state index in [0.717, 1.165) is 54.4 Å². The first-order chi connectivity index (χ1) is 21.1. The van der Waals surface area contributed by atoms with Crippen molar-refractivity contribution >= 4 is 11.9 Å². The lowest BCUT2D eigenvalue weighted by molar-refractivity contribution is 0.0211. The summed E-state index contributed by atoms with van der Waals surface area (Å²) in [5.74, 6) is -0.854. The predicted octanol–water partition coefficient (Wildman–Crippen LogP) is 10.8. The van der Waals surface area contributed by atoms with Gasteiger partial charge < -0.3 is 9.47 Å². The van der Waals surface area contributed by atoms with Crippen LogP contribution in [-0.2, 0) is 9.47 Å². The first kappa shape index (κ1) is 34.0. The number of carbonyl (C=O) groups excluding carboxylic acids is 2. The van der Waals surface area contributed by atoms with Gasteiger partial charge in [0, 0.05) is 0 Å². The maximum absolute atomic E-state index is 13.6. The summed E-state index contributed by atoms with van der Waals surface area (Å²) >= 11 is 0. The highest BCUT2D eigenvalue weighted by molar-refractivity contribution is 5.95. The smallest absolute Gasteiger partial charge is 0.338 e. The van der Waals surface area contributed by atoms with Crippen molar-refractivity contribution < 1.29 is 23.5 Å². The van der Waals surface area contributed by atoms with Gasteiger partial charge in [0.2, 0.25) is 0 Å². The van der Waals surface area contributed by atoms with Crippen molar-refractivity contribution in [2.24, 2.45) is 0 Å². The lowest BCUT2D eigenvalue weighted by Gasteiger charge is -2.15. The number of carbonyl (C=O) groups is 2. The second-order valence-corrected chi connectivity index (χ2v) is 11.3. The average molecular weight is 589 g/mol. The second kappa shape index (κ2) is 19.7. The summed E-state index contributed by atoms with van der Waals surface area (Å²) in [5.41, 5.74) is 4.58. The van der Waals surface area contributed by atoms with Crippen molar-refractivity contribution in [3.05, 3.63) is 83.9 Å². The van der Waals surface area contributed by atoms with Crippen molar-refractivity contribution in [1.29, 1.82) is 0 Å². The van der Waals surface area contributed by atoms with Crippen LogP contribution in [0.5, 0.6) is 0 Å². The lowest BCUT2D eigenvalue weighted by Crippen LogP contribution is -2.20. The van der Waals surface area contributed by atoms with Gasteiger partial charge in [-0.3, -0.25) is 0 Å². The predicted molar refractivity (Wildman–Crippen MR) is 174 cm³/mol. The van der Waals surface area contributed by atoms with Crippen molar-refractivity contribution in [2.45, 2.75) is 103 Å². The Morgan fingerprint density at radius 3 is 1.86 bits per heavy atom. The summed E-state index contributed by atoms with van der Waals surface area (Å²) in [7, 11) is 0. The monoisotopic (exact) mass is 588 g/mol. The van der Waals surface area contributed by atoms with Gasteiger partial charge in [0.25, 0.3) is 0 Å². The minimum atomic E-state index is -0.720. The Kier molecular flexibility index (Phi) is 15.6. The van der Waals surface area contributed by atoms with Crippen molar-refractivity contribution in [2.75, 3.05) is 13.3 Å². The van der Waals surface area contributed by atoms with Gasteiger partial charge in [0.15, 0.2) is 0 Å². The molecule has 3 aromatic carbocycles. The Hall–Kier alpha value is -3.47. The van der Waals surface area contributed by atoms with Crippen LogP contribution in [0.25, 0.3) is 22.3 Å². The molecule has 43 heavy (non-hydrogen) atoms. The fourth-order valence-corrected chi connectivity index (χ4v) is 5.24. The van der Waals surface area contributed by atoms with Gasteiger partial charge >= 0.3 is 11.9 Å². The zero-order valence-corrected chi connectivity index (χ0v) is 26.1. The first-order valence-electron chi connectivity index (χ1n) is 16.3. The van der Waals surface area contributed by atoms with E-state index in [0.29, 0.717) is 24.2 Å². The molecule has 0 radical (unpaired) electrons. The molecular weight excluding hydrogens is 539 g/mol. The number of halogens is 1. The highest BCUT2D eigenvalue weighted by Crippen LogP contribution is 2.33. The lowest BCUT2D eigenvalue weighted by atomic mass is 9.92. The Morgan fingerprint density at radius 1 is 0.628 bits per heavy atom. The highest BCUT2D eigenvalue weighted by Gasteiger charge is 2.18. The third-order valence-corrected chi connectivity index (χ3v) is 7.83. The molecule has 0 heterocycles. The van der Waals surface area contributed by atoms with Crippen LogP contribution in [0.15, 0.2) is 72.8 Å². The molecule has 0 saturated heterocycles. The van der Waals surface area contributed by atoms with Crippen LogP contribution in [0.3, 0.4) is 0 Å². The zero-order valence-electron chi connectivity index (χ0n) is 26.1. The number of hydrogen-bond acceptors (Lipinski definition) is 4. The molecule has 0 aliphatic carbocycles. The highest BCUT2D eigenvalue weighted by atomic mass is 19.1. The third-order valence-electron chi connectivity index (χ3n) is 7.83. The molecule has 0 saturated carbocycles. The van der Waals surface area contributed by atoms with Crippen LogP contribution in [-0.4, -0.2) is 31.3 Å². The molecule has 0 aromatic heterocycles. The molecule has 3 aromatic rings. The van der Waals surface area contributed by atoms with E-state index in [2.05, 4.69) is 13.8 Å². The van der Waals surface area contributed by atoms with Gasteiger partial charge in [-0.05, 0) is 65.8 Å². The van der Waals surface area contributed by atoms with Crippen LogP contribution < -0.4 is 0 Å². The maximum atomic E-state index is 13.6. The molecule has 4 nitrogen and oxygen atoms in total. The summed E-state index contributed by atoms with van der Waals surface area (Å²) in [6.45, 7) is 4.11. The third kappa shape index (κ3) is 11.6. The van der Waals surface area contributed by atoms with Crippen LogP contribution in [0, 0.1) is 0 Å². The van der Waals surface area contributed by atoms with E-state index in [1.54, 1.807) is 12.1 Å². The molecule has 0 amide bonds. The van der Waals surface area contributed by atoms with Gasteiger partial charge in [0.05, 0.1) is 17.7 Å². The summed E-state index contributed by atoms with van der Waals surface area (Å²) < 4.78 is 24.7. The molecule has 0 aliphatic heterocycles. The Morgan fingerprint density at radius 2 is 1.21 bits per heavy atom. The molecule has 0 aliphatic rings. The Balaban J connectivity index is 1.68. The van der Waals surface area contributed by atoms with Gasteiger partial charge in [-0.2, -0.15) is 0 Å². The van der Waals surface area contributed by atoms with E-state index in [9.17, 15) is 14.0 Å². The normalized spacial score (nSPS) is 11.7. The van der Waals surface area contributed by atoms with Gasteiger partial charge in [0.1, 0.15) is 12.8 Å². The van der Waals surface area contributed by atoms with E-state index in [1.165, 1.54) is 44.9 Å². The fourth-order valence-electron chi connectivity index (χ4n) is 5.24. The number of alkyl halides is 1. The molecule has 3 rings (SSSR count). The fraction of sp³-hybridized carbons (Fsp3) is 0.474. The standard InChI is InChI=1S/C38H49FO4/c1-3-5-7-9-11-16-20-34(29-39)43-38(41)32-23-21-31(22-24-32)36-28-33(25-26-35(36)30-18-14-13-15-19-30)37(40)42-27-17-12-10-8-6-4-2/h13-15,18-19,21-26,28,34H,3-12,16-17,20,27,29H2,1-2H3. The molecule has 0 fully saturated rings. The van der Waals surface area contributed by atoms with E-state index in [4.69, 9.17) is 9.47 Å². The summed E-state index contributed by atoms with van der Waals surface area (Å²) in [5, 5.41) is 0. The van der Waals surface area contributed by atoms with Crippen LogP contribution in [0.4, 0.5) is 4.39 Å². The molecule has 1 unspecified atom stereocenters. The van der Waals surface area contributed by atoms with E-state index >= 15 is 0 Å².